The first kappa shape index (κ1) is 23.3. The lowest BCUT2D eigenvalue weighted by atomic mass is 9.98. The van der Waals surface area contributed by atoms with Crippen LogP contribution in [0, 0.1) is 0 Å². The summed E-state index contributed by atoms with van der Waals surface area (Å²) in [5.74, 6) is -2.00. The van der Waals surface area contributed by atoms with Crippen molar-refractivity contribution in [1.82, 2.24) is 10.4 Å². The predicted octanol–water partition coefficient (Wildman–Crippen LogP) is 3.56. The van der Waals surface area contributed by atoms with Gasteiger partial charge in [-0.2, -0.15) is 0 Å². The third kappa shape index (κ3) is 5.08. The third-order valence-corrected chi connectivity index (χ3v) is 5.27. The van der Waals surface area contributed by atoms with Gasteiger partial charge in [-0.3, -0.25) is 14.4 Å². The summed E-state index contributed by atoms with van der Waals surface area (Å²) in [7, 11) is 0. The zero-order valence-electron chi connectivity index (χ0n) is 18.4. The Morgan fingerprint density at radius 2 is 1.59 bits per heavy atom. The summed E-state index contributed by atoms with van der Waals surface area (Å²) in [6, 6.07) is 14.2. The second-order valence-corrected chi connectivity index (χ2v) is 7.80. The quantitative estimate of drug-likeness (QED) is 0.578. The molecule has 0 saturated heterocycles. The number of rotatable bonds is 9. The van der Waals surface area contributed by atoms with Gasteiger partial charge in [0.1, 0.15) is 12.6 Å². The molecule has 170 valence electrons. The van der Waals surface area contributed by atoms with Crippen molar-refractivity contribution in [2.45, 2.75) is 45.2 Å². The molecule has 1 aliphatic carbocycles. The summed E-state index contributed by atoms with van der Waals surface area (Å²) >= 11 is 0. The van der Waals surface area contributed by atoms with Crippen molar-refractivity contribution in [2.75, 3.05) is 13.2 Å². The molecular weight excluding hydrogens is 412 g/mol. The monoisotopic (exact) mass is 440 g/mol. The molecule has 2 aromatic carbocycles. The van der Waals surface area contributed by atoms with E-state index in [1.165, 1.54) is 0 Å². The van der Waals surface area contributed by atoms with Gasteiger partial charge in [0.15, 0.2) is 0 Å². The van der Waals surface area contributed by atoms with Crippen LogP contribution in [-0.2, 0) is 19.2 Å². The summed E-state index contributed by atoms with van der Waals surface area (Å²) in [5.41, 5.74) is 4.31. The van der Waals surface area contributed by atoms with Gasteiger partial charge in [-0.05, 0) is 43.0 Å². The molecule has 0 aromatic heterocycles. The maximum atomic E-state index is 12.8. The first-order valence-corrected chi connectivity index (χ1v) is 10.6. The number of carbonyl (C=O) groups excluding carboxylic acids is 2. The largest absolute Gasteiger partial charge is 0.481 e. The maximum Gasteiger partial charge on any atom is 0.407 e. The molecule has 2 N–H and O–H groups in total. The minimum absolute atomic E-state index is 0.0627. The van der Waals surface area contributed by atoms with Crippen LogP contribution in [0.1, 0.15) is 44.2 Å². The van der Waals surface area contributed by atoms with Gasteiger partial charge in [-0.1, -0.05) is 48.5 Å². The van der Waals surface area contributed by atoms with Crippen LogP contribution < -0.4 is 5.32 Å². The van der Waals surface area contributed by atoms with E-state index < -0.39 is 30.4 Å². The zero-order chi connectivity index (χ0) is 23.3. The highest BCUT2D eigenvalue weighted by Crippen LogP contribution is 2.44. The van der Waals surface area contributed by atoms with Crippen LogP contribution >= 0.6 is 0 Å². The van der Waals surface area contributed by atoms with Gasteiger partial charge in [-0.15, -0.1) is 0 Å². The second kappa shape index (κ2) is 10.3. The lowest BCUT2D eigenvalue weighted by molar-refractivity contribution is -0.197. The number of nitrogens with zero attached hydrogens (tertiary/aromatic N) is 1. The fourth-order valence-corrected chi connectivity index (χ4v) is 3.92. The van der Waals surface area contributed by atoms with Crippen molar-refractivity contribution in [3.05, 3.63) is 59.7 Å². The molecule has 3 rings (SSSR count). The fraction of sp³-hybridized carbons (Fsp3) is 0.375. The van der Waals surface area contributed by atoms with Gasteiger partial charge >= 0.3 is 12.1 Å². The number of aliphatic carboxylic acids is 1. The average molecular weight is 440 g/mol. The molecule has 0 fully saturated rings. The molecule has 0 radical (unpaired) electrons. The number of carboxylic acid groups (broad SMARTS) is 1. The third-order valence-electron chi connectivity index (χ3n) is 5.27. The highest BCUT2D eigenvalue weighted by Gasteiger charge is 2.32. The van der Waals surface area contributed by atoms with Crippen molar-refractivity contribution in [2.24, 2.45) is 0 Å². The van der Waals surface area contributed by atoms with Crippen LogP contribution in [0.25, 0.3) is 11.1 Å². The number of alkyl carbamates (subject to hydrolysis) is 1. The molecule has 0 spiro atoms. The summed E-state index contributed by atoms with van der Waals surface area (Å²) in [6.07, 6.45) is -1.44. The maximum absolute atomic E-state index is 12.8. The van der Waals surface area contributed by atoms with Crippen LogP contribution in [-0.4, -0.2) is 53.4 Å². The second-order valence-electron chi connectivity index (χ2n) is 7.80. The Morgan fingerprint density at radius 3 is 2.09 bits per heavy atom. The van der Waals surface area contributed by atoms with Gasteiger partial charge in [0.25, 0.3) is 5.91 Å². The lowest BCUT2D eigenvalue weighted by Crippen LogP contribution is -2.51. The van der Waals surface area contributed by atoms with Gasteiger partial charge < -0.3 is 15.2 Å². The van der Waals surface area contributed by atoms with E-state index in [9.17, 15) is 19.5 Å². The normalized spacial score (nSPS) is 13.2. The summed E-state index contributed by atoms with van der Waals surface area (Å²) in [4.78, 5) is 41.9. The van der Waals surface area contributed by atoms with E-state index in [0.717, 1.165) is 27.3 Å². The molecular formula is C24H28N2O6. The number of carbonyl (C=O) groups is 3. The molecule has 1 atom stereocenters. The highest BCUT2D eigenvalue weighted by molar-refractivity contribution is 5.89. The van der Waals surface area contributed by atoms with Crippen LogP contribution in [0.15, 0.2) is 48.5 Å². The van der Waals surface area contributed by atoms with E-state index in [2.05, 4.69) is 5.32 Å². The molecule has 1 unspecified atom stereocenters. The number of hydrogen-bond donors (Lipinski definition) is 2. The minimum Gasteiger partial charge on any atom is -0.481 e. The predicted molar refractivity (Wildman–Crippen MR) is 118 cm³/mol. The van der Waals surface area contributed by atoms with E-state index >= 15 is 0 Å². The number of fused-ring (bicyclic) bond motifs is 3. The van der Waals surface area contributed by atoms with Gasteiger partial charge in [0.2, 0.25) is 0 Å². The number of benzene rings is 2. The Kier molecular flexibility index (Phi) is 7.48. The van der Waals surface area contributed by atoms with Crippen LogP contribution in [0.5, 0.6) is 0 Å². The first-order valence-electron chi connectivity index (χ1n) is 10.6. The van der Waals surface area contributed by atoms with Crippen molar-refractivity contribution in [3.63, 3.8) is 0 Å². The Bertz CT molecular complexity index is 944. The summed E-state index contributed by atoms with van der Waals surface area (Å²) in [6.45, 7) is 5.48. The van der Waals surface area contributed by atoms with Crippen molar-refractivity contribution in [3.8, 4) is 11.1 Å². The van der Waals surface area contributed by atoms with Crippen molar-refractivity contribution < 1.29 is 29.1 Å². The lowest BCUT2D eigenvalue weighted by Gasteiger charge is -2.28. The summed E-state index contributed by atoms with van der Waals surface area (Å²) in [5, 5.41) is 12.7. The van der Waals surface area contributed by atoms with Gasteiger partial charge in [0, 0.05) is 5.92 Å². The van der Waals surface area contributed by atoms with E-state index in [0.29, 0.717) is 0 Å². The van der Waals surface area contributed by atoms with Gasteiger partial charge in [0.05, 0.1) is 19.1 Å². The molecule has 0 heterocycles. The Labute approximate surface area is 187 Å². The van der Waals surface area contributed by atoms with Crippen LogP contribution in [0.3, 0.4) is 0 Å². The first-order chi connectivity index (χ1) is 15.3. The number of hydroxylamine groups is 2. The number of amides is 2. The van der Waals surface area contributed by atoms with Crippen LogP contribution in [0.2, 0.25) is 0 Å². The minimum atomic E-state index is -1.31. The van der Waals surface area contributed by atoms with Crippen molar-refractivity contribution >= 4 is 18.0 Å². The number of hydrogen-bond acceptors (Lipinski definition) is 5. The Balaban J connectivity index is 1.71. The smallest absolute Gasteiger partial charge is 0.407 e. The molecule has 0 aliphatic heterocycles. The number of ether oxygens (including phenoxy) is 1. The average Bonchev–Trinajstić information content (AvgIpc) is 3.08. The molecule has 1 aliphatic rings. The highest BCUT2D eigenvalue weighted by atomic mass is 16.7. The van der Waals surface area contributed by atoms with E-state index in [4.69, 9.17) is 9.57 Å². The van der Waals surface area contributed by atoms with E-state index in [1.807, 2.05) is 48.5 Å². The molecule has 2 aromatic rings. The molecule has 8 nitrogen and oxygen atoms in total. The number of carboxylic acids is 1. The topological polar surface area (TPSA) is 105 Å². The Morgan fingerprint density at radius 1 is 1.03 bits per heavy atom. The van der Waals surface area contributed by atoms with Gasteiger partial charge in [-0.25, -0.2) is 9.86 Å². The molecule has 0 saturated carbocycles. The zero-order valence-corrected chi connectivity index (χ0v) is 18.4. The molecule has 0 bridgehead atoms. The number of nitrogens with one attached hydrogen (secondary N) is 1. The van der Waals surface area contributed by atoms with Crippen molar-refractivity contribution in [1.29, 1.82) is 0 Å². The molecule has 32 heavy (non-hydrogen) atoms. The van der Waals surface area contributed by atoms with E-state index in [-0.39, 0.29) is 25.2 Å². The standard InChI is InChI=1S/C24H28N2O6/c1-4-32-26(15(2)3)23(29)21(13-22(27)28)25-24(30)31-14-20-18-11-7-5-9-16(18)17-10-6-8-12-19(17)20/h5-12,15,20-21H,4,13-14H2,1-3H3,(H,25,30)(H,27,28). The Hall–Kier alpha value is -3.39. The van der Waals surface area contributed by atoms with Crippen LogP contribution in [0.4, 0.5) is 4.79 Å². The summed E-state index contributed by atoms with van der Waals surface area (Å²) < 4.78 is 5.45. The SMILES string of the molecule is CCON(C(=O)C(CC(=O)O)NC(=O)OCC1c2ccccc2-c2ccccc21)C(C)C. The molecule has 8 heteroatoms. The molecule has 2 amide bonds. The van der Waals surface area contributed by atoms with E-state index in [1.54, 1.807) is 20.8 Å². The fourth-order valence-electron chi connectivity index (χ4n) is 3.92.